The fraction of sp³-hybridized carbons (Fsp3) is 0.588. The van der Waals surface area contributed by atoms with Crippen molar-refractivity contribution < 1.29 is 28.1 Å². The van der Waals surface area contributed by atoms with Crippen LogP contribution in [0.25, 0.3) is 0 Å². The van der Waals surface area contributed by atoms with Gasteiger partial charge in [-0.05, 0) is 40.2 Å². The lowest BCUT2D eigenvalue weighted by Gasteiger charge is -2.28. The van der Waals surface area contributed by atoms with Gasteiger partial charge < -0.3 is 19.1 Å². The van der Waals surface area contributed by atoms with Crippen molar-refractivity contribution in [2.75, 3.05) is 13.2 Å². The largest absolute Gasteiger partial charge is 0.444 e. The Kier molecular flexibility index (Phi) is 8.40. The Morgan fingerprint density at radius 1 is 1.19 bits per heavy atom. The van der Waals surface area contributed by atoms with E-state index in [-0.39, 0.29) is 13.2 Å². The monoisotopic (exact) mass is 402 g/mol. The van der Waals surface area contributed by atoms with Crippen LogP contribution in [-0.4, -0.2) is 35.6 Å². The van der Waals surface area contributed by atoms with Gasteiger partial charge in [-0.25, -0.2) is 4.79 Å². The van der Waals surface area contributed by atoms with Gasteiger partial charge in [0.2, 0.25) is 0 Å². The molecule has 27 heavy (non-hydrogen) atoms. The van der Waals surface area contributed by atoms with E-state index in [1.165, 1.54) is 0 Å². The summed E-state index contributed by atoms with van der Waals surface area (Å²) in [4.78, 5) is 23.4. The zero-order chi connectivity index (χ0) is 20.7. The van der Waals surface area contributed by atoms with Crippen LogP contribution in [0.5, 0.6) is 0 Å². The average Bonchev–Trinajstić information content (AvgIpc) is 2.53. The second-order valence-electron chi connectivity index (χ2n) is 6.61. The van der Waals surface area contributed by atoms with Crippen LogP contribution in [0.15, 0.2) is 30.3 Å². The van der Waals surface area contributed by atoms with E-state index in [4.69, 9.17) is 13.8 Å². The molecule has 9 nitrogen and oxygen atoms in total. The number of alkyl carbamates (subject to hydrolysis) is 1. The van der Waals surface area contributed by atoms with E-state index in [2.05, 4.69) is 5.32 Å². The number of rotatable bonds is 9. The molecule has 0 fully saturated rings. The summed E-state index contributed by atoms with van der Waals surface area (Å²) in [6.07, 6.45) is -0.872. The highest BCUT2D eigenvalue weighted by Gasteiger charge is 2.52. The Balaban J connectivity index is 3.37. The molecule has 1 amide bonds. The van der Waals surface area contributed by atoms with Gasteiger partial charge in [0, 0.05) is 4.92 Å². The lowest BCUT2D eigenvalue weighted by Crippen LogP contribution is -2.43. The Bertz CT molecular complexity index is 666. The molecule has 0 saturated carbocycles. The summed E-state index contributed by atoms with van der Waals surface area (Å²) < 4.78 is 28.7. The number of nitrogens with zero attached hydrogens (tertiary/aromatic N) is 1. The number of ether oxygens (including phenoxy) is 1. The first kappa shape index (κ1) is 23.1. The standard InChI is InChI=1S/C17H27N2O7P/c1-6-24-27(23,25-7-2)15(19(21)22)14(13-11-9-8-10-12-13)18-16(20)26-17(3,4)5/h8-12,14-15H,6-7H2,1-5H3,(H,18,20)/t14-,15+/m0/s1. The normalized spacial score (nSPS) is 14.3. The molecular weight excluding hydrogens is 375 g/mol. The number of carbonyl (C=O) groups excluding carboxylic acids is 1. The number of nitro groups is 1. The fourth-order valence-corrected chi connectivity index (χ4v) is 4.34. The van der Waals surface area contributed by atoms with Crippen LogP contribution in [-0.2, 0) is 18.3 Å². The Labute approximate surface area is 159 Å². The van der Waals surface area contributed by atoms with Crippen molar-refractivity contribution in [2.24, 2.45) is 0 Å². The van der Waals surface area contributed by atoms with Gasteiger partial charge in [0.05, 0.1) is 13.2 Å². The summed E-state index contributed by atoms with van der Waals surface area (Å²) in [5.74, 6) is -1.84. The number of nitrogens with one attached hydrogen (secondary N) is 1. The molecule has 0 aromatic heterocycles. The van der Waals surface area contributed by atoms with Crippen LogP contribution >= 0.6 is 7.60 Å². The number of carbonyl (C=O) groups is 1. The molecule has 0 saturated heterocycles. The number of amides is 1. The molecule has 0 aliphatic rings. The van der Waals surface area contributed by atoms with Gasteiger partial charge in [-0.3, -0.25) is 14.7 Å². The molecule has 1 N–H and O–H groups in total. The zero-order valence-electron chi connectivity index (χ0n) is 16.2. The molecule has 0 unspecified atom stereocenters. The summed E-state index contributed by atoms with van der Waals surface area (Å²) in [7, 11) is -4.18. The molecule has 2 atom stereocenters. The van der Waals surface area contributed by atoms with E-state index in [0.29, 0.717) is 5.56 Å². The average molecular weight is 402 g/mol. The Hall–Kier alpha value is -1.96. The van der Waals surface area contributed by atoms with Crippen molar-refractivity contribution in [1.29, 1.82) is 0 Å². The summed E-state index contributed by atoms with van der Waals surface area (Å²) >= 11 is 0. The zero-order valence-corrected chi connectivity index (χ0v) is 17.1. The lowest BCUT2D eigenvalue weighted by molar-refractivity contribution is -0.506. The van der Waals surface area contributed by atoms with Gasteiger partial charge >= 0.3 is 19.5 Å². The summed E-state index contributed by atoms with van der Waals surface area (Å²) in [5, 5.41) is 14.3. The van der Waals surface area contributed by atoms with Crippen LogP contribution in [0, 0.1) is 10.1 Å². The quantitative estimate of drug-likeness (QED) is 0.375. The van der Waals surface area contributed by atoms with Gasteiger partial charge in [0.1, 0.15) is 11.6 Å². The smallest absolute Gasteiger partial charge is 0.408 e. The minimum atomic E-state index is -4.18. The van der Waals surface area contributed by atoms with Crippen LogP contribution < -0.4 is 5.32 Å². The molecule has 0 aliphatic heterocycles. The first-order valence-corrected chi connectivity index (χ1v) is 10.2. The Morgan fingerprint density at radius 2 is 1.70 bits per heavy atom. The fourth-order valence-electron chi connectivity index (χ4n) is 2.39. The topological polar surface area (TPSA) is 117 Å². The lowest BCUT2D eigenvalue weighted by atomic mass is 10.1. The minimum Gasteiger partial charge on any atom is -0.444 e. The third-order valence-corrected chi connectivity index (χ3v) is 5.66. The maximum atomic E-state index is 13.2. The molecule has 0 bridgehead atoms. The van der Waals surface area contributed by atoms with Crippen LogP contribution in [0.3, 0.4) is 0 Å². The van der Waals surface area contributed by atoms with E-state index in [0.717, 1.165) is 0 Å². The first-order chi connectivity index (χ1) is 12.5. The highest BCUT2D eigenvalue weighted by molar-refractivity contribution is 7.54. The van der Waals surface area contributed by atoms with E-state index in [1.54, 1.807) is 65.0 Å². The van der Waals surface area contributed by atoms with E-state index < -0.39 is 36.0 Å². The highest BCUT2D eigenvalue weighted by atomic mass is 31.2. The second kappa shape index (κ2) is 9.82. The number of benzene rings is 1. The molecule has 1 rings (SSSR count). The van der Waals surface area contributed by atoms with Crippen LogP contribution in [0.1, 0.15) is 46.2 Å². The van der Waals surface area contributed by atoms with Crippen molar-refractivity contribution >= 4 is 13.7 Å². The Morgan fingerprint density at radius 3 is 2.11 bits per heavy atom. The van der Waals surface area contributed by atoms with Gasteiger partial charge in [0.25, 0.3) is 0 Å². The predicted octanol–water partition coefficient (Wildman–Crippen LogP) is 4.12. The summed E-state index contributed by atoms with van der Waals surface area (Å²) in [6.45, 7) is 8.02. The molecule has 152 valence electrons. The third kappa shape index (κ3) is 6.93. The van der Waals surface area contributed by atoms with Crippen molar-refractivity contribution in [3.63, 3.8) is 0 Å². The number of hydrogen-bond acceptors (Lipinski definition) is 7. The number of hydrogen-bond donors (Lipinski definition) is 1. The first-order valence-electron chi connectivity index (χ1n) is 8.60. The van der Waals surface area contributed by atoms with E-state index in [9.17, 15) is 19.5 Å². The minimum absolute atomic E-state index is 0.0461. The molecule has 1 aromatic rings. The van der Waals surface area contributed by atoms with Gasteiger partial charge in [0.15, 0.2) is 0 Å². The van der Waals surface area contributed by atoms with E-state index >= 15 is 0 Å². The SMILES string of the molecule is CCOP(=O)(OCC)[C@H]([C@@H](NC(=O)OC(C)(C)C)c1ccccc1)[N+](=O)[O-]. The predicted molar refractivity (Wildman–Crippen MR) is 100 cm³/mol. The molecule has 1 aromatic carbocycles. The molecule has 0 radical (unpaired) electrons. The van der Waals surface area contributed by atoms with E-state index in [1.807, 2.05) is 0 Å². The summed E-state index contributed by atoms with van der Waals surface area (Å²) in [5.41, 5.74) is -0.427. The maximum Gasteiger partial charge on any atom is 0.408 e. The van der Waals surface area contributed by atoms with Crippen LogP contribution in [0.4, 0.5) is 4.79 Å². The highest BCUT2D eigenvalue weighted by Crippen LogP contribution is 2.57. The van der Waals surface area contributed by atoms with Crippen molar-refractivity contribution in [3.8, 4) is 0 Å². The van der Waals surface area contributed by atoms with Crippen molar-refractivity contribution in [2.45, 2.75) is 52.0 Å². The molecule has 0 aliphatic carbocycles. The van der Waals surface area contributed by atoms with Crippen LogP contribution in [0.2, 0.25) is 0 Å². The maximum absolute atomic E-state index is 13.2. The molecule has 0 heterocycles. The molecule has 0 spiro atoms. The van der Waals surface area contributed by atoms with Gasteiger partial charge in [-0.2, -0.15) is 0 Å². The molecular formula is C17H27N2O7P. The second-order valence-corrected chi connectivity index (χ2v) is 8.73. The third-order valence-electron chi connectivity index (χ3n) is 3.29. The van der Waals surface area contributed by atoms with Crippen molar-refractivity contribution in [3.05, 3.63) is 46.0 Å². The van der Waals surface area contributed by atoms with Crippen molar-refractivity contribution in [1.82, 2.24) is 5.32 Å². The summed E-state index contributed by atoms with van der Waals surface area (Å²) in [6, 6.07) is 6.92. The van der Waals surface area contributed by atoms with Gasteiger partial charge in [-0.1, -0.05) is 30.3 Å². The molecule has 10 heteroatoms. The van der Waals surface area contributed by atoms with Gasteiger partial charge in [-0.15, -0.1) is 0 Å².